The normalized spacial score (nSPS) is 10.5. The van der Waals surface area contributed by atoms with Crippen LogP contribution in [0.3, 0.4) is 0 Å². The van der Waals surface area contributed by atoms with Crippen molar-refractivity contribution in [3.8, 4) is 5.69 Å². The number of carbonyl (C=O) groups is 2. The lowest BCUT2D eigenvalue weighted by Gasteiger charge is -2.16. The molecule has 1 aromatic carbocycles. The minimum absolute atomic E-state index is 0.0623. The van der Waals surface area contributed by atoms with Crippen LogP contribution >= 0.6 is 15.9 Å². The van der Waals surface area contributed by atoms with E-state index >= 15 is 0 Å². The van der Waals surface area contributed by atoms with Gasteiger partial charge in [0.1, 0.15) is 6.54 Å². The molecule has 0 aliphatic heterocycles. The van der Waals surface area contributed by atoms with Crippen LogP contribution < -0.4 is 0 Å². The Hall–Kier alpha value is -2.08. The second-order valence-corrected chi connectivity index (χ2v) is 6.48. The summed E-state index contributed by atoms with van der Waals surface area (Å²) in [6.45, 7) is 5.84. The predicted octanol–water partition coefficient (Wildman–Crippen LogP) is 3.49. The average Bonchev–Trinajstić information content (AvgIpc) is 2.81. The molecule has 0 atom stereocenters. The number of rotatable bonds is 5. The summed E-state index contributed by atoms with van der Waals surface area (Å²) in [7, 11) is 1.60. The molecular weight excluding hydrogens is 372 g/mol. The Morgan fingerprint density at radius 3 is 2.58 bits per heavy atom. The molecule has 0 spiro atoms. The highest BCUT2D eigenvalue weighted by Gasteiger charge is 2.21. The molecule has 0 fully saturated rings. The number of carbonyl (C=O) groups excluding carboxylic acids is 2. The van der Waals surface area contributed by atoms with Gasteiger partial charge in [-0.15, -0.1) is 0 Å². The van der Waals surface area contributed by atoms with Crippen molar-refractivity contribution in [3.63, 3.8) is 0 Å². The molecule has 0 saturated heterocycles. The first-order chi connectivity index (χ1) is 11.3. The van der Waals surface area contributed by atoms with E-state index in [0.717, 1.165) is 21.5 Å². The number of halogens is 1. The molecular formula is C18H21BrN2O3. The summed E-state index contributed by atoms with van der Waals surface area (Å²) in [6.07, 6.45) is 0. The molecule has 0 saturated carbocycles. The highest BCUT2D eigenvalue weighted by molar-refractivity contribution is 9.10. The summed E-state index contributed by atoms with van der Waals surface area (Å²) < 4.78 is 7.89. The molecule has 0 unspecified atom stereocenters. The molecule has 1 aromatic heterocycles. The molecule has 0 bridgehead atoms. The number of aryl methyl sites for hydroxylation is 1. The number of amides is 1. The Bertz CT molecular complexity index is 768. The third kappa shape index (κ3) is 3.87. The van der Waals surface area contributed by atoms with Crippen LogP contribution in [0.25, 0.3) is 5.69 Å². The van der Waals surface area contributed by atoms with Crippen LogP contribution in [0.1, 0.15) is 28.7 Å². The molecule has 0 aliphatic rings. The summed E-state index contributed by atoms with van der Waals surface area (Å²) in [6, 6.07) is 9.74. The molecule has 128 valence electrons. The first-order valence-corrected chi connectivity index (χ1v) is 8.50. The van der Waals surface area contributed by atoms with E-state index in [-0.39, 0.29) is 12.5 Å². The van der Waals surface area contributed by atoms with Crippen molar-refractivity contribution in [1.82, 2.24) is 9.47 Å². The number of benzene rings is 1. The zero-order chi connectivity index (χ0) is 17.9. The van der Waals surface area contributed by atoms with E-state index in [0.29, 0.717) is 12.2 Å². The number of hydrogen-bond donors (Lipinski definition) is 0. The Kier molecular flexibility index (Phi) is 5.83. The standard InChI is InChI=1S/C18H21BrN2O3/c1-5-24-17(22)11-20(4)18(23)16-9-12(2)21(13(16)3)15-8-6-7-14(19)10-15/h6-10H,5,11H2,1-4H3. The van der Waals surface area contributed by atoms with Gasteiger partial charge in [-0.2, -0.15) is 0 Å². The van der Waals surface area contributed by atoms with Crippen LogP contribution in [0.4, 0.5) is 0 Å². The van der Waals surface area contributed by atoms with Gasteiger partial charge in [-0.05, 0) is 45.0 Å². The highest BCUT2D eigenvalue weighted by Crippen LogP contribution is 2.24. The second kappa shape index (κ2) is 7.66. The molecule has 1 heterocycles. The smallest absolute Gasteiger partial charge is 0.325 e. The van der Waals surface area contributed by atoms with E-state index in [2.05, 4.69) is 15.9 Å². The van der Waals surface area contributed by atoms with Gasteiger partial charge in [0.2, 0.25) is 0 Å². The van der Waals surface area contributed by atoms with E-state index in [1.165, 1.54) is 4.90 Å². The average molecular weight is 393 g/mol. The summed E-state index contributed by atoms with van der Waals surface area (Å²) in [5.41, 5.74) is 3.36. The van der Waals surface area contributed by atoms with E-state index < -0.39 is 5.97 Å². The second-order valence-electron chi connectivity index (χ2n) is 5.57. The maximum atomic E-state index is 12.7. The van der Waals surface area contributed by atoms with Crippen molar-refractivity contribution in [1.29, 1.82) is 0 Å². The van der Waals surface area contributed by atoms with Gasteiger partial charge in [-0.3, -0.25) is 9.59 Å². The zero-order valence-corrected chi connectivity index (χ0v) is 15.9. The quantitative estimate of drug-likeness (QED) is 0.731. The van der Waals surface area contributed by atoms with E-state index in [1.807, 2.05) is 48.7 Å². The number of aromatic nitrogens is 1. The molecule has 1 amide bonds. The molecule has 0 N–H and O–H groups in total. The minimum Gasteiger partial charge on any atom is -0.465 e. The third-order valence-corrected chi connectivity index (χ3v) is 4.24. The molecule has 24 heavy (non-hydrogen) atoms. The molecule has 0 radical (unpaired) electrons. The molecule has 2 rings (SSSR count). The highest BCUT2D eigenvalue weighted by atomic mass is 79.9. The lowest BCUT2D eigenvalue weighted by Crippen LogP contribution is -2.33. The SMILES string of the molecule is CCOC(=O)CN(C)C(=O)c1cc(C)n(-c2cccc(Br)c2)c1C. The van der Waals surface area contributed by atoms with Crippen LogP contribution in [-0.4, -0.2) is 41.5 Å². The van der Waals surface area contributed by atoms with Gasteiger partial charge in [-0.1, -0.05) is 22.0 Å². The number of nitrogens with zero attached hydrogens (tertiary/aromatic N) is 2. The van der Waals surface area contributed by atoms with Crippen LogP contribution in [-0.2, 0) is 9.53 Å². The zero-order valence-electron chi connectivity index (χ0n) is 14.3. The molecule has 6 heteroatoms. The largest absolute Gasteiger partial charge is 0.465 e. The van der Waals surface area contributed by atoms with E-state index in [9.17, 15) is 9.59 Å². The lowest BCUT2D eigenvalue weighted by atomic mass is 10.2. The van der Waals surface area contributed by atoms with Crippen LogP contribution in [0, 0.1) is 13.8 Å². The first-order valence-electron chi connectivity index (χ1n) is 7.71. The fraction of sp³-hybridized carbons (Fsp3) is 0.333. The van der Waals surface area contributed by atoms with Crippen molar-refractivity contribution < 1.29 is 14.3 Å². The first kappa shape index (κ1) is 18.3. The fourth-order valence-corrected chi connectivity index (χ4v) is 3.06. The Labute approximate surface area is 150 Å². The molecule has 5 nitrogen and oxygen atoms in total. The number of likely N-dealkylation sites (N-methyl/N-ethyl adjacent to an activating group) is 1. The summed E-state index contributed by atoms with van der Waals surface area (Å²) in [5.74, 6) is -0.605. The summed E-state index contributed by atoms with van der Waals surface area (Å²) >= 11 is 3.47. The molecule has 2 aromatic rings. The molecule has 0 aliphatic carbocycles. The van der Waals surface area contributed by atoms with Gasteiger partial charge < -0.3 is 14.2 Å². The van der Waals surface area contributed by atoms with Gasteiger partial charge in [0.05, 0.1) is 12.2 Å². The van der Waals surface area contributed by atoms with E-state index in [4.69, 9.17) is 4.74 Å². The summed E-state index contributed by atoms with van der Waals surface area (Å²) in [5, 5.41) is 0. The van der Waals surface area contributed by atoms with E-state index in [1.54, 1.807) is 14.0 Å². The number of hydrogen-bond acceptors (Lipinski definition) is 3. The van der Waals surface area contributed by atoms with Crippen molar-refractivity contribution in [2.24, 2.45) is 0 Å². The van der Waals surface area contributed by atoms with Gasteiger partial charge in [0.15, 0.2) is 0 Å². The van der Waals surface area contributed by atoms with Gasteiger partial charge in [-0.25, -0.2) is 0 Å². The Balaban J connectivity index is 2.31. The van der Waals surface area contributed by atoms with Crippen LogP contribution in [0.5, 0.6) is 0 Å². The van der Waals surface area contributed by atoms with Crippen LogP contribution in [0.15, 0.2) is 34.8 Å². The Morgan fingerprint density at radius 2 is 1.96 bits per heavy atom. The predicted molar refractivity (Wildman–Crippen MR) is 96.5 cm³/mol. The third-order valence-electron chi connectivity index (χ3n) is 3.75. The number of ether oxygens (including phenoxy) is 1. The van der Waals surface area contributed by atoms with Gasteiger partial charge >= 0.3 is 5.97 Å². The number of esters is 1. The van der Waals surface area contributed by atoms with Gasteiger partial charge in [0, 0.05) is 28.6 Å². The van der Waals surface area contributed by atoms with Crippen molar-refractivity contribution >= 4 is 27.8 Å². The maximum Gasteiger partial charge on any atom is 0.325 e. The van der Waals surface area contributed by atoms with Crippen molar-refractivity contribution in [2.45, 2.75) is 20.8 Å². The minimum atomic E-state index is -0.408. The fourth-order valence-electron chi connectivity index (χ4n) is 2.67. The Morgan fingerprint density at radius 1 is 1.25 bits per heavy atom. The lowest BCUT2D eigenvalue weighted by molar-refractivity contribution is -0.143. The summed E-state index contributed by atoms with van der Waals surface area (Å²) in [4.78, 5) is 25.6. The van der Waals surface area contributed by atoms with Crippen molar-refractivity contribution in [2.75, 3.05) is 20.2 Å². The van der Waals surface area contributed by atoms with Crippen molar-refractivity contribution in [3.05, 3.63) is 51.8 Å². The monoisotopic (exact) mass is 392 g/mol. The van der Waals surface area contributed by atoms with Gasteiger partial charge in [0.25, 0.3) is 5.91 Å². The topological polar surface area (TPSA) is 51.5 Å². The maximum absolute atomic E-state index is 12.7. The van der Waals surface area contributed by atoms with Crippen LogP contribution in [0.2, 0.25) is 0 Å².